The summed E-state index contributed by atoms with van der Waals surface area (Å²) < 4.78 is 0. The van der Waals surface area contributed by atoms with Crippen LogP contribution in [0.25, 0.3) is 0 Å². The first-order valence-electron chi connectivity index (χ1n) is 8.01. The topological polar surface area (TPSA) is 58.2 Å². The fourth-order valence-electron chi connectivity index (χ4n) is 2.34. The number of halogens is 2. The van der Waals surface area contributed by atoms with E-state index in [1.165, 1.54) is 6.07 Å². The van der Waals surface area contributed by atoms with Gasteiger partial charge in [0.05, 0.1) is 16.6 Å². The standard InChI is InChI=1S/C18H20Cl2N2O2S2/c1-11(16-4-3-8-26-16)21-18(24)15(7-9-25-2)22-17(23)13-6-5-12(19)10-14(13)20/h3-6,8,10-11,15H,7,9H2,1-2H3,(H,21,24)(H,22,23). The summed E-state index contributed by atoms with van der Waals surface area (Å²) in [5.74, 6) is 0.148. The van der Waals surface area contributed by atoms with Gasteiger partial charge in [-0.15, -0.1) is 11.3 Å². The Balaban J connectivity index is 2.07. The molecule has 2 unspecified atom stereocenters. The van der Waals surface area contributed by atoms with Gasteiger partial charge in [0.2, 0.25) is 5.91 Å². The molecule has 0 saturated carbocycles. The van der Waals surface area contributed by atoms with Crippen LogP contribution in [0.2, 0.25) is 10.0 Å². The van der Waals surface area contributed by atoms with Crippen molar-refractivity contribution >= 4 is 58.1 Å². The Labute approximate surface area is 171 Å². The molecule has 1 aromatic carbocycles. The van der Waals surface area contributed by atoms with E-state index in [9.17, 15) is 9.59 Å². The van der Waals surface area contributed by atoms with Gasteiger partial charge < -0.3 is 10.6 Å². The summed E-state index contributed by atoms with van der Waals surface area (Å²) in [6.45, 7) is 1.92. The molecular formula is C18H20Cl2N2O2S2. The van der Waals surface area contributed by atoms with Crippen molar-refractivity contribution in [2.24, 2.45) is 0 Å². The van der Waals surface area contributed by atoms with Gasteiger partial charge >= 0.3 is 0 Å². The molecule has 0 fully saturated rings. The lowest BCUT2D eigenvalue weighted by molar-refractivity contribution is -0.123. The lowest BCUT2D eigenvalue weighted by Gasteiger charge is -2.21. The van der Waals surface area contributed by atoms with Gasteiger partial charge in [0.1, 0.15) is 6.04 Å². The maximum Gasteiger partial charge on any atom is 0.253 e. The Hall–Kier alpha value is -1.21. The van der Waals surface area contributed by atoms with Crippen molar-refractivity contribution < 1.29 is 9.59 Å². The molecule has 8 heteroatoms. The van der Waals surface area contributed by atoms with E-state index in [-0.39, 0.29) is 17.0 Å². The van der Waals surface area contributed by atoms with Crippen LogP contribution in [0.1, 0.15) is 34.6 Å². The lowest BCUT2D eigenvalue weighted by Crippen LogP contribution is -2.47. The molecule has 26 heavy (non-hydrogen) atoms. The van der Waals surface area contributed by atoms with Crippen LogP contribution in [0.3, 0.4) is 0 Å². The minimum Gasteiger partial charge on any atom is -0.347 e. The second-order valence-corrected chi connectivity index (χ2v) is 8.49. The van der Waals surface area contributed by atoms with Crippen LogP contribution in [-0.2, 0) is 4.79 Å². The quantitative estimate of drug-likeness (QED) is 0.632. The van der Waals surface area contributed by atoms with E-state index in [1.54, 1.807) is 35.2 Å². The van der Waals surface area contributed by atoms with Gasteiger partial charge in [-0.2, -0.15) is 11.8 Å². The lowest BCUT2D eigenvalue weighted by atomic mass is 10.1. The zero-order valence-corrected chi connectivity index (χ0v) is 17.6. The summed E-state index contributed by atoms with van der Waals surface area (Å²) in [5.41, 5.74) is 0.296. The number of thiophene rings is 1. The van der Waals surface area contributed by atoms with Crippen LogP contribution in [0.4, 0.5) is 0 Å². The summed E-state index contributed by atoms with van der Waals surface area (Å²) in [5, 5.41) is 8.43. The van der Waals surface area contributed by atoms with Crippen molar-refractivity contribution in [2.45, 2.75) is 25.4 Å². The Bertz CT molecular complexity index is 754. The summed E-state index contributed by atoms with van der Waals surface area (Å²) in [6, 6.07) is 7.82. The Kier molecular flexibility index (Phi) is 8.28. The first kappa shape index (κ1) is 21.1. The van der Waals surface area contributed by atoms with Gasteiger partial charge in [-0.25, -0.2) is 0 Å². The Morgan fingerprint density at radius 1 is 1.23 bits per heavy atom. The minimum atomic E-state index is -0.635. The fraction of sp³-hybridized carbons (Fsp3) is 0.333. The number of hydrogen-bond acceptors (Lipinski definition) is 4. The predicted octanol–water partition coefficient (Wildman–Crippen LogP) is 4.78. The van der Waals surface area contributed by atoms with Gasteiger partial charge in [-0.05, 0) is 55.0 Å². The zero-order valence-electron chi connectivity index (χ0n) is 14.4. The molecule has 140 valence electrons. The van der Waals surface area contributed by atoms with Crippen LogP contribution in [-0.4, -0.2) is 29.9 Å². The largest absolute Gasteiger partial charge is 0.347 e. The molecule has 1 aromatic heterocycles. The molecule has 4 nitrogen and oxygen atoms in total. The van der Waals surface area contributed by atoms with E-state index >= 15 is 0 Å². The highest BCUT2D eigenvalue weighted by molar-refractivity contribution is 7.98. The van der Waals surface area contributed by atoms with Gasteiger partial charge in [-0.3, -0.25) is 9.59 Å². The molecule has 2 N–H and O–H groups in total. The first-order valence-corrected chi connectivity index (χ1v) is 11.0. The van der Waals surface area contributed by atoms with Crippen LogP contribution in [0.15, 0.2) is 35.7 Å². The third-order valence-electron chi connectivity index (χ3n) is 3.74. The number of nitrogens with one attached hydrogen (secondary N) is 2. The molecule has 1 heterocycles. The van der Waals surface area contributed by atoms with Crippen molar-refractivity contribution in [2.75, 3.05) is 12.0 Å². The van der Waals surface area contributed by atoms with E-state index in [1.807, 2.05) is 30.7 Å². The highest BCUT2D eigenvalue weighted by Crippen LogP contribution is 2.21. The number of carbonyl (C=O) groups is 2. The van der Waals surface area contributed by atoms with Gasteiger partial charge in [0.15, 0.2) is 0 Å². The first-order chi connectivity index (χ1) is 12.4. The number of rotatable bonds is 8. The smallest absolute Gasteiger partial charge is 0.253 e. The van der Waals surface area contributed by atoms with Crippen molar-refractivity contribution in [1.82, 2.24) is 10.6 Å². The van der Waals surface area contributed by atoms with Crippen LogP contribution < -0.4 is 10.6 Å². The highest BCUT2D eigenvalue weighted by atomic mass is 35.5. The van der Waals surface area contributed by atoms with Gasteiger partial charge in [0, 0.05) is 9.90 Å². The summed E-state index contributed by atoms with van der Waals surface area (Å²) in [7, 11) is 0. The van der Waals surface area contributed by atoms with Crippen LogP contribution >= 0.6 is 46.3 Å². The van der Waals surface area contributed by atoms with Gasteiger partial charge in [0.25, 0.3) is 5.91 Å². The number of hydrogen-bond donors (Lipinski definition) is 2. The molecule has 0 spiro atoms. The van der Waals surface area contributed by atoms with E-state index in [4.69, 9.17) is 23.2 Å². The van der Waals surface area contributed by atoms with Crippen LogP contribution in [0.5, 0.6) is 0 Å². The van der Waals surface area contributed by atoms with E-state index < -0.39 is 11.9 Å². The molecule has 0 aliphatic carbocycles. The molecule has 2 atom stereocenters. The minimum absolute atomic E-state index is 0.115. The summed E-state index contributed by atoms with van der Waals surface area (Å²) in [6.07, 6.45) is 2.49. The molecule has 0 bridgehead atoms. The Morgan fingerprint density at radius 3 is 2.62 bits per heavy atom. The molecule has 0 aliphatic heterocycles. The van der Waals surface area contributed by atoms with E-state index in [2.05, 4.69) is 10.6 Å². The second kappa shape index (κ2) is 10.2. The third-order valence-corrected chi connectivity index (χ3v) is 5.98. The normalized spacial score (nSPS) is 13.1. The molecule has 0 radical (unpaired) electrons. The van der Waals surface area contributed by atoms with E-state index in [0.717, 1.165) is 10.6 Å². The molecule has 0 saturated heterocycles. The summed E-state index contributed by atoms with van der Waals surface area (Å²) >= 11 is 15.2. The average molecular weight is 431 g/mol. The monoisotopic (exact) mass is 430 g/mol. The van der Waals surface area contributed by atoms with Crippen molar-refractivity contribution in [1.29, 1.82) is 0 Å². The second-order valence-electron chi connectivity index (χ2n) is 5.68. The maximum atomic E-state index is 12.7. The van der Waals surface area contributed by atoms with Gasteiger partial charge in [-0.1, -0.05) is 29.3 Å². The van der Waals surface area contributed by atoms with Crippen molar-refractivity contribution in [3.05, 3.63) is 56.2 Å². The molecule has 2 aromatic rings. The number of amides is 2. The maximum absolute atomic E-state index is 12.7. The number of carbonyl (C=O) groups excluding carboxylic acids is 2. The predicted molar refractivity (Wildman–Crippen MR) is 112 cm³/mol. The fourth-order valence-corrected chi connectivity index (χ4v) is 4.04. The molecule has 2 rings (SSSR count). The SMILES string of the molecule is CSCCC(NC(=O)c1ccc(Cl)cc1Cl)C(=O)NC(C)c1cccs1. The van der Waals surface area contributed by atoms with Crippen molar-refractivity contribution in [3.8, 4) is 0 Å². The Morgan fingerprint density at radius 2 is 2.00 bits per heavy atom. The summed E-state index contributed by atoms with van der Waals surface area (Å²) in [4.78, 5) is 26.3. The highest BCUT2D eigenvalue weighted by Gasteiger charge is 2.24. The van der Waals surface area contributed by atoms with Crippen LogP contribution in [0, 0.1) is 0 Å². The molecule has 2 amide bonds. The molecular weight excluding hydrogens is 411 g/mol. The molecule has 0 aliphatic rings. The van der Waals surface area contributed by atoms with E-state index in [0.29, 0.717) is 17.0 Å². The number of thioether (sulfide) groups is 1. The average Bonchev–Trinajstić information content (AvgIpc) is 3.12. The number of benzene rings is 1. The van der Waals surface area contributed by atoms with Crippen molar-refractivity contribution in [3.63, 3.8) is 0 Å². The zero-order chi connectivity index (χ0) is 19.1. The third kappa shape index (κ3) is 5.91.